The molecular formula is C22H19Cl2FN2O3S. The largest absolute Gasteiger partial charge is 0.320 e. The van der Waals surface area contributed by atoms with E-state index in [9.17, 15) is 17.6 Å². The second-order valence-electron chi connectivity index (χ2n) is 6.61. The third-order valence-corrected chi connectivity index (χ3v) is 7.31. The number of rotatable bonds is 7. The van der Waals surface area contributed by atoms with E-state index in [-0.39, 0.29) is 33.7 Å². The van der Waals surface area contributed by atoms with Gasteiger partial charge in [0.25, 0.3) is 5.91 Å². The van der Waals surface area contributed by atoms with Gasteiger partial charge in [0.05, 0.1) is 26.2 Å². The monoisotopic (exact) mass is 480 g/mol. The Morgan fingerprint density at radius 3 is 2.42 bits per heavy atom. The minimum Gasteiger partial charge on any atom is -0.320 e. The van der Waals surface area contributed by atoms with Crippen LogP contribution in [0.2, 0.25) is 10.0 Å². The molecule has 0 fully saturated rings. The molecule has 31 heavy (non-hydrogen) atoms. The molecule has 0 saturated carbocycles. The summed E-state index contributed by atoms with van der Waals surface area (Å²) in [6.07, 6.45) is 0. The third kappa shape index (κ3) is 5.25. The standard InChI is InChI=1S/C22H19Cl2FN2O3S/c1-2-27(14-15-7-4-3-5-8-15)31(29,30)16-11-12-19(25)17(13-16)22(28)26-20-10-6-9-18(23)21(20)24/h3-13H,2,14H2,1H3,(H,26,28). The lowest BCUT2D eigenvalue weighted by Gasteiger charge is -2.21. The molecule has 1 amide bonds. The van der Waals surface area contributed by atoms with Crippen molar-refractivity contribution in [1.82, 2.24) is 4.31 Å². The topological polar surface area (TPSA) is 66.5 Å². The van der Waals surface area contributed by atoms with Gasteiger partial charge in [0.2, 0.25) is 10.0 Å². The van der Waals surface area contributed by atoms with E-state index in [1.54, 1.807) is 19.1 Å². The molecule has 0 radical (unpaired) electrons. The average Bonchev–Trinajstić information content (AvgIpc) is 2.76. The van der Waals surface area contributed by atoms with Gasteiger partial charge in [-0.25, -0.2) is 12.8 Å². The highest BCUT2D eigenvalue weighted by molar-refractivity contribution is 7.89. The highest BCUT2D eigenvalue weighted by Gasteiger charge is 2.26. The normalized spacial score (nSPS) is 11.5. The van der Waals surface area contributed by atoms with Gasteiger partial charge in [0, 0.05) is 13.1 Å². The molecule has 3 rings (SSSR count). The van der Waals surface area contributed by atoms with Crippen LogP contribution in [0.4, 0.5) is 10.1 Å². The summed E-state index contributed by atoms with van der Waals surface area (Å²) in [6.45, 7) is 2.06. The molecule has 0 aliphatic carbocycles. The van der Waals surface area contributed by atoms with Crippen molar-refractivity contribution in [3.63, 3.8) is 0 Å². The number of halogens is 3. The Morgan fingerprint density at radius 2 is 1.74 bits per heavy atom. The first kappa shape index (κ1) is 23.2. The van der Waals surface area contributed by atoms with Gasteiger partial charge >= 0.3 is 0 Å². The Morgan fingerprint density at radius 1 is 1.03 bits per heavy atom. The Balaban J connectivity index is 1.91. The lowest BCUT2D eigenvalue weighted by Crippen LogP contribution is -2.30. The number of hydrogen-bond acceptors (Lipinski definition) is 3. The zero-order valence-electron chi connectivity index (χ0n) is 16.5. The van der Waals surface area contributed by atoms with E-state index < -0.39 is 27.3 Å². The molecule has 0 aromatic heterocycles. The Labute approximate surface area is 190 Å². The molecule has 9 heteroatoms. The van der Waals surface area contributed by atoms with Crippen LogP contribution in [-0.2, 0) is 16.6 Å². The number of nitrogens with one attached hydrogen (secondary N) is 1. The van der Waals surface area contributed by atoms with Crippen molar-refractivity contribution in [3.05, 3.63) is 93.7 Å². The molecule has 0 heterocycles. The van der Waals surface area contributed by atoms with E-state index in [1.807, 2.05) is 30.3 Å². The van der Waals surface area contributed by atoms with Crippen LogP contribution >= 0.6 is 23.2 Å². The predicted molar refractivity (Wildman–Crippen MR) is 121 cm³/mol. The van der Waals surface area contributed by atoms with Crippen LogP contribution in [0.15, 0.2) is 71.6 Å². The van der Waals surface area contributed by atoms with E-state index in [0.717, 1.165) is 23.8 Å². The van der Waals surface area contributed by atoms with E-state index in [4.69, 9.17) is 23.2 Å². The second kappa shape index (κ2) is 9.78. The third-order valence-electron chi connectivity index (χ3n) is 4.57. The second-order valence-corrected chi connectivity index (χ2v) is 9.34. The molecule has 0 aliphatic rings. The van der Waals surface area contributed by atoms with Crippen LogP contribution in [0.5, 0.6) is 0 Å². The first-order valence-corrected chi connectivity index (χ1v) is 11.5. The van der Waals surface area contributed by atoms with Gasteiger partial charge in [0.1, 0.15) is 5.82 Å². The maximum Gasteiger partial charge on any atom is 0.258 e. The summed E-state index contributed by atoms with van der Waals surface area (Å²) in [6, 6.07) is 16.8. The van der Waals surface area contributed by atoms with Crippen LogP contribution in [0, 0.1) is 5.82 Å². The van der Waals surface area contributed by atoms with E-state index in [2.05, 4.69) is 5.32 Å². The van der Waals surface area contributed by atoms with Gasteiger partial charge in [-0.2, -0.15) is 4.31 Å². The smallest absolute Gasteiger partial charge is 0.258 e. The fraction of sp³-hybridized carbons (Fsp3) is 0.136. The summed E-state index contributed by atoms with van der Waals surface area (Å²) in [4.78, 5) is 12.5. The first-order valence-electron chi connectivity index (χ1n) is 9.33. The van der Waals surface area contributed by atoms with Crippen LogP contribution < -0.4 is 5.32 Å². The van der Waals surface area contributed by atoms with Crippen molar-refractivity contribution in [2.24, 2.45) is 0 Å². The van der Waals surface area contributed by atoms with Gasteiger partial charge in [0.15, 0.2) is 0 Å². The highest BCUT2D eigenvalue weighted by Crippen LogP contribution is 2.30. The number of amides is 1. The van der Waals surface area contributed by atoms with Crippen LogP contribution in [-0.4, -0.2) is 25.2 Å². The number of carbonyl (C=O) groups excluding carboxylic acids is 1. The predicted octanol–water partition coefficient (Wildman–Crippen LogP) is 5.60. The zero-order valence-corrected chi connectivity index (χ0v) is 18.8. The summed E-state index contributed by atoms with van der Waals surface area (Å²) in [5.41, 5.74) is 0.572. The quantitative estimate of drug-likeness (QED) is 0.478. The number of sulfonamides is 1. The minimum absolute atomic E-state index is 0.0988. The van der Waals surface area contributed by atoms with Crippen molar-refractivity contribution in [3.8, 4) is 0 Å². The maximum absolute atomic E-state index is 14.4. The lowest BCUT2D eigenvalue weighted by atomic mass is 10.2. The van der Waals surface area contributed by atoms with Crippen LogP contribution in [0.1, 0.15) is 22.8 Å². The molecule has 0 spiro atoms. The summed E-state index contributed by atoms with van der Waals surface area (Å²) in [5.74, 6) is -1.70. The minimum atomic E-state index is -3.97. The molecule has 0 saturated heterocycles. The first-order chi connectivity index (χ1) is 14.7. The zero-order chi connectivity index (χ0) is 22.6. The van der Waals surface area contributed by atoms with Gasteiger partial charge in [-0.05, 0) is 35.9 Å². The molecule has 162 valence electrons. The summed E-state index contributed by atoms with van der Waals surface area (Å²) < 4.78 is 41.9. The summed E-state index contributed by atoms with van der Waals surface area (Å²) >= 11 is 12.0. The van der Waals surface area contributed by atoms with Crippen molar-refractivity contribution in [2.45, 2.75) is 18.4 Å². The number of nitrogens with zero attached hydrogens (tertiary/aromatic N) is 1. The summed E-state index contributed by atoms with van der Waals surface area (Å²) in [7, 11) is -3.97. The number of carbonyl (C=O) groups is 1. The average molecular weight is 481 g/mol. The summed E-state index contributed by atoms with van der Waals surface area (Å²) in [5, 5.41) is 2.78. The maximum atomic E-state index is 14.4. The van der Waals surface area contributed by atoms with Crippen molar-refractivity contribution in [2.75, 3.05) is 11.9 Å². The molecule has 3 aromatic rings. The molecule has 0 atom stereocenters. The van der Waals surface area contributed by atoms with Crippen molar-refractivity contribution >= 4 is 44.8 Å². The molecule has 0 aliphatic heterocycles. The molecule has 1 N–H and O–H groups in total. The van der Waals surface area contributed by atoms with E-state index in [1.165, 1.54) is 10.4 Å². The Kier molecular flexibility index (Phi) is 7.33. The number of benzene rings is 3. The number of anilines is 1. The Hall–Kier alpha value is -2.45. The fourth-order valence-electron chi connectivity index (χ4n) is 2.93. The van der Waals surface area contributed by atoms with Gasteiger partial charge < -0.3 is 5.32 Å². The van der Waals surface area contributed by atoms with E-state index >= 15 is 0 Å². The molecule has 3 aromatic carbocycles. The molecule has 0 bridgehead atoms. The highest BCUT2D eigenvalue weighted by atomic mass is 35.5. The van der Waals surface area contributed by atoms with Crippen molar-refractivity contribution < 1.29 is 17.6 Å². The van der Waals surface area contributed by atoms with Gasteiger partial charge in [-0.15, -0.1) is 0 Å². The fourth-order valence-corrected chi connectivity index (χ4v) is 4.74. The van der Waals surface area contributed by atoms with Gasteiger partial charge in [-0.1, -0.05) is 66.5 Å². The lowest BCUT2D eigenvalue weighted by molar-refractivity contribution is 0.102. The van der Waals surface area contributed by atoms with Crippen molar-refractivity contribution in [1.29, 1.82) is 0 Å². The Bertz CT molecular complexity index is 1200. The van der Waals surface area contributed by atoms with E-state index in [0.29, 0.717) is 0 Å². The van der Waals surface area contributed by atoms with Crippen LogP contribution in [0.25, 0.3) is 0 Å². The molecular weight excluding hydrogens is 462 g/mol. The van der Waals surface area contributed by atoms with Gasteiger partial charge in [-0.3, -0.25) is 4.79 Å². The van der Waals surface area contributed by atoms with Crippen LogP contribution in [0.3, 0.4) is 0 Å². The number of hydrogen-bond donors (Lipinski definition) is 1. The molecule has 5 nitrogen and oxygen atoms in total. The molecule has 0 unspecified atom stereocenters. The SMILES string of the molecule is CCN(Cc1ccccc1)S(=O)(=O)c1ccc(F)c(C(=O)Nc2cccc(Cl)c2Cl)c1.